The summed E-state index contributed by atoms with van der Waals surface area (Å²) < 4.78 is 3.25. The van der Waals surface area contributed by atoms with Crippen LogP contribution in [-0.2, 0) is 12.6 Å². The molecule has 5 rings (SSSR count). The Balaban J connectivity index is 1.43. The van der Waals surface area contributed by atoms with Crippen molar-refractivity contribution < 1.29 is 4.79 Å². The number of aryl methyl sites for hydroxylation is 2. The Morgan fingerprint density at radius 2 is 1.94 bits per heavy atom. The summed E-state index contributed by atoms with van der Waals surface area (Å²) in [5.41, 5.74) is 3.46. The van der Waals surface area contributed by atoms with Gasteiger partial charge in [-0.1, -0.05) is 18.2 Å². The van der Waals surface area contributed by atoms with Crippen molar-refractivity contribution in [2.24, 2.45) is 7.05 Å². The number of aromatic nitrogens is 6. The molecule has 1 aliphatic carbocycles. The second-order valence-electron chi connectivity index (χ2n) is 8.94. The zero-order chi connectivity index (χ0) is 23.3. The number of hydrogen-bond donors (Lipinski definition) is 1. The summed E-state index contributed by atoms with van der Waals surface area (Å²) in [5, 5.41) is 8.28. The molecule has 9 nitrogen and oxygen atoms in total. The molecule has 3 aromatic heterocycles. The van der Waals surface area contributed by atoms with Crippen LogP contribution >= 0.6 is 0 Å². The SMILES string of the molecule is Cc1cc(C2(NC(=O)c3ncc4cnn(C(C)C)c4n3)CC2)ccc1-c1cncn(C)c1=O. The maximum absolute atomic E-state index is 13.1. The average molecular weight is 444 g/mol. The number of amides is 1. The van der Waals surface area contributed by atoms with Crippen LogP contribution in [-0.4, -0.2) is 35.2 Å². The van der Waals surface area contributed by atoms with E-state index in [9.17, 15) is 9.59 Å². The maximum Gasteiger partial charge on any atom is 0.289 e. The molecule has 1 amide bonds. The van der Waals surface area contributed by atoms with Crippen LogP contribution in [0, 0.1) is 6.92 Å². The average Bonchev–Trinajstić information content (AvgIpc) is 3.44. The topological polar surface area (TPSA) is 108 Å². The molecule has 0 unspecified atom stereocenters. The number of benzene rings is 1. The number of rotatable bonds is 5. The van der Waals surface area contributed by atoms with E-state index in [0.29, 0.717) is 11.2 Å². The van der Waals surface area contributed by atoms with E-state index in [1.165, 1.54) is 10.9 Å². The summed E-state index contributed by atoms with van der Waals surface area (Å²) in [5.74, 6) is -0.183. The van der Waals surface area contributed by atoms with Gasteiger partial charge in [-0.3, -0.25) is 9.59 Å². The molecule has 9 heteroatoms. The van der Waals surface area contributed by atoms with E-state index in [-0.39, 0.29) is 23.3 Å². The molecule has 1 saturated carbocycles. The molecule has 3 heterocycles. The summed E-state index contributed by atoms with van der Waals surface area (Å²) in [6, 6.07) is 6.06. The predicted molar refractivity (Wildman–Crippen MR) is 124 cm³/mol. The quantitative estimate of drug-likeness (QED) is 0.508. The van der Waals surface area contributed by atoms with Crippen molar-refractivity contribution in [1.29, 1.82) is 0 Å². The number of carbonyl (C=O) groups excluding carboxylic acids is 1. The van der Waals surface area contributed by atoms with Gasteiger partial charge in [-0.15, -0.1) is 0 Å². The molecule has 1 aromatic carbocycles. The van der Waals surface area contributed by atoms with Crippen molar-refractivity contribution >= 4 is 16.9 Å². The van der Waals surface area contributed by atoms with Crippen LogP contribution in [0.25, 0.3) is 22.2 Å². The maximum atomic E-state index is 13.1. The van der Waals surface area contributed by atoms with E-state index < -0.39 is 5.54 Å². The van der Waals surface area contributed by atoms with Gasteiger partial charge in [0.1, 0.15) is 0 Å². The van der Waals surface area contributed by atoms with E-state index in [2.05, 4.69) is 25.4 Å². The van der Waals surface area contributed by atoms with Crippen LogP contribution in [0.2, 0.25) is 0 Å². The molecule has 0 atom stereocenters. The van der Waals surface area contributed by atoms with E-state index in [4.69, 9.17) is 0 Å². The first-order valence-corrected chi connectivity index (χ1v) is 10.9. The zero-order valence-corrected chi connectivity index (χ0v) is 19.0. The molecular formula is C24H25N7O2. The van der Waals surface area contributed by atoms with Gasteiger partial charge in [-0.05, 0) is 50.3 Å². The van der Waals surface area contributed by atoms with Crippen molar-refractivity contribution in [2.45, 2.75) is 45.2 Å². The second-order valence-corrected chi connectivity index (χ2v) is 8.94. The van der Waals surface area contributed by atoms with Gasteiger partial charge in [0, 0.05) is 25.5 Å². The predicted octanol–water partition coefficient (Wildman–Crippen LogP) is 2.90. The van der Waals surface area contributed by atoms with Gasteiger partial charge in [0.15, 0.2) is 5.65 Å². The lowest BCUT2D eigenvalue weighted by Gasteiger charge is -2.19. The molecule has 33 heavy (non-hydrogen) atoms. The molecular weight excluding hydrogens is 418 g/mol. The lowest BCUT2D eigenvalue weighted by Crippen LogP contribution is -2.36. The summed E-state index contributed by atoms with van der Waals surface area (Å²) >= 11 is 0. The number of nitrogens with zero attached hydrogens (tertiary/aromatic N) is 6. The van der Waals surface area contributed by atoms with E-state index >= 15 is 0 Å². The minimum Gasteiger partial charge on any atom is -0.340 e. The normalized spacial score (nSPS) is 14.6. The van der Waals surface area contributed by atoms with Gasteiger partial charge in [-0.25, -0.2) is 19.6 Å². The first-order valence-electron chi connectivity index (χ1n) is 10.9. The third kappa shape index (κ3) is 3.59. The fourth-order valence-corrected chi connectivity index (χ4v) is 4.16. The van der Waals surface area contributed by atoms with Gasteiger partial charge in [0.05, 0.1) is 29.0 Å². The van der Waals surface area contributed by atoms with Crippen molar-refractivity contribution in [3.8, 4) is 11.1 Å². The highest BCUT2D eigenvalue weighted by Crippen LogP contribution is 2.46. The fourth-order valence-electron chi connectivity index (χ4n) is 4.16. The second kappa shape index (κ2) is 7.61. The van der Waals surface area contributed by atoms with E-state index in [0.717, 1.165) is 34.9 Å². The lowest BCUT2D eigenvalue weighted by atomic mass is 9.96. The first kappa shape index (κ1) is 21.0. The van der Waals surface area contributed by atoms with Crippen molar-refractivity contribution in [3.05, 3.63) is 70.4 Å². The Morgan fingerprint density at radius 1 is 1.15 bits per heavy atom. The highest BCUT2D eigenvalue weighted by Gasteiger charge is 2.46. The van der Waals surface area contributed by atoms with Crippen molar-refractivity contribution in [1.82, 2.24) is 34.6 Å². The lowest BCUT2D eigenvalue weighted by molar-refractivity contribution is 0.0920. The van der Waals surface area contributed by atoms with Crippen molar-refractivity contribution in [2.75, 3.05) is 0 Å². The monoisotopic (exact) mass is 443 g/mol. The molecule has 0 spiro atoms. The van der Waals surface area contributed by atoms with Crippen molar-refractivity contribution in [3.63, 3.8) is 0 Å². The summed E-state index contributed by atoms with van der Waals surface area (Å²) in [6.45, 7) is 5.99. The Kier molecular flexibility index (Phi) is 4.84. The molecule has 1 fully saturated rings. The number of fused-ring (bicyclic) bond motifs is 1. The summed E-state index contributed by atoms with van der Waals surface area (Å²) in [6.07, 6.45) is 8.10. The van der Waals surface area contributed by atoms with E-state index in [1.807, 2.05) is 39.0 Å². The van der Waals surface area contributed by atoms with Gasteiger partial charge < -0.3 is 9.88 Å². The summed E-state index contributed by atoms with van der Waals surface area (Å²) in [7, 11) is 1.69. The summed E-state index contributed by atoms with van der Waals surface area (Å²) in [4.78, 5) is 38.4. The minimum atomic E-state index is -0.448. The smallest absolute Gasteiger partial charge is 0.289 e. The third-order valence-corrected chi connectivity index (χ3v) is 6.19. The van der Waals surface area contributed by atoms with Gasteiger partial charge >= 0.3 is 0 Å². The van der Waals surface area contributed by atoms with Crippen LogP contribution in [0.5, 0.6) is 0 Å². The molecule has 0 saturated heterocycles. The van der Waals surface area contributed by atoms with Gasteiger partial charge in [0.25, 0.3) is 11.5 Å². The Bertz CT molecular complexity index is 1450. The third-order valence-electron chi connectivity index (χ3n) is 6.19. The van der Waals surface area contributed by atoms with Crippen LogP contribution in [0.1, 0.15) is 54.5 Å². The largest absolute Gasteiger partial charge is 0.340 e. The zero-order valence-electron chi connectivity index (χ0n) is 19.0. The number of carbonyl (C=O) groups is 1. The Hall–Kier alpha value is -3.88. The number of hydrogen-bond acceptors (Lipinski definition) is 6. The Morgan fingerprint density at radius 3 is 2.64 bits per heavy atom. The van der Waals surface area contributed by atoms with Crippen LogP contribution in [0.3, 0.4) is 0 Å². The van der Waals surface area contributed by atoms with Gasteiger partial charge in [0.2, 0.25) is 5.82 Å². The molecule has 1 aliphatic rings. The van der Waals surface area contributed by atoms with E-state index in [1.54, 1.807) is 30.3 Å². The standard InChI is InChI=1S/C24H25N7O2/c1-14(2)31-21-16(11-27-31)10-26-20(28-21)22(32)29-24(7-8-24)17-5-6-18(15(3)9-17)19-12-25-13-30(4)23(19)33/h5-6,9-14H,7-8H2,1-4H3,(H,29,32). The van der Waals surface area contributed by atoms with Crippen LogP contribution in [0.15, 0.2) is 47.9 Å². The molecule has 0 aliphatic heterocycles. The first-order chi connectivity index (χ1) is 15.8. The van der Waals surface area contributed by atoms with Gasteiger partial charge in [-0.2, -0.15) is 5.10 Å². The fraction of sp³-hybridized carbons (Fsp3) is 0.333. The Labute approximate surface area is 190 Å². The van der Waals surface area contributed by atoms with Crippen LogP contribution in [0.4, 0.5) is 0 Å². The molecule has 0 bridgehead atoms. The molecule has 168 valence electrons. The van der Waals surface area contributed by atoms with Crippen LogP contribution < -0.4 is 10.9 Å². The molecule has 0 radical (unpaired) electrons. The number of nitrogens with one attached hydrogen (secondary N) is 1. The highest BCUT2D eigenvalue weighted by molar-refractivity contribution is 5.93. The molecule has 1 N–H and O–H groups in total. The molecule has 4 aromatic rings. The minimum absolute atomic E-state index is 0.0940. The highest BCUT2D eigenvalue weighted by atomic mass is 16.2.